The molecule has 0 heterocycles. The van der Waals surface area contributed by atoms with Crippen molar-refractivity contribution in [2.45, 2.75) is 45.6 Å². The highest BCUT2D eigenvalue weighted by Crippen LogP contribution is 2.29. The molecule has 0 aromatic heterocycles. The minimum absolute atomic E-state index is 0.458. The zero-order valence-corrected chi connectivity index (χ0v) is 9.01. The van der Waals surface area contributed by atoms with Crippen LogP contribution in [0.4, 0.5) is 0 Å². The summed E-state index contributed by atoms with van der Waals surface area (Å²) in [4.78, 5) is 0. The summed E-state index contributed by atoms with van der Waals surface area (Å²) in [6.45, 7) is 7.55. The predicted octanol–water partition coefficient (Wildman–Crippen LogP) is 2.19. The average molecular weight is 185 g/mol. The Morgan fingerprint density at radius 2 is 2.23 bits per heavy atom. The molecule has 0 bridgehead atoms. The normalized spacial score (nSPS) is 18.9. The van der Waals surface area contributed by atoms with E-state index in [0.29, 0.717) is 6.10 Å². The highest BCUT2D eigenvalue weighted by molar-refractivity contribution is 4.72. The molecule has 1 saturated carbocycles. The highest BCUT2D eigenvalue weighted by Gasteiger charge is 2.21. The van der Waals surface area contributed by atoms with Gasteiger partial charge in [-0.1, -0.05) is 6.92 Å². The first-order valence-corrected chi connectivity index (χ1v) is 5.65. The van der Waals surface area contributed by atoms with Gasteiger partial charge in [0.15, 0.2) is 0 Å². The van der Waals surface area contributed by atoms with Crippen LogP contribution in [0.2, 0.25) is 0 Å². The van der Waals surface area contributed by atoms with Crippen LogP contribution in [0.3, 0.4) is 0 Å². The number of hydrogen-bond donors (Lipinski definition) is 1. The first-order chi connectivity index (χ1) is 6.33. The van der Waals surface area contributed by atoms with E-state index in [1.807, 2.05) is 0 Å². The third-order valence-electron chi connectivity index (χ3n) is 2.53. The maximum absolute atomic E-state index is 5.72. The quantitative estimate of drug-likeness (QED) is 0.585. The zero-order valence-electron chi connectivity index (χ0n) is 9.01. The van der Waals surface area contributed by atoms with Gasteiger partial charge in [0.2, 0.25) is 0 Å². The average Bonchev–Trinajstić information content (AvgIpc) is 2.92. The third-order valence-corrected chi connectivity index (χ3v) is 2.53. The summed E-state index contributed by atoms with van der Waals surface area (Å²) in [6.07, 6.45) is 5.67. The largest absolute Gasteiger partial charge is 0.378 e. The van der Waals surface area contributed by atoms with E-state index in [-0.39, 0.29) is 0 Å². The second-order valence-electron chi connectivity index (χ2n) is 4.08. The lowest BCUT2D eigenvalue weighted by atomic mass is 10.2. The fraction of sp³-hybridized carbons (Fsp3) is 1.00. The molecule has 0 saturated heterocycles. The lowest BCUT2D eigenvalue weighted by molar-refractivity contribution is 0.0516. The van der Waals surface area contributed by atoms with Gasteiger partial charge in [0.1, 0.15) is 0 Å². The Morgan fingerprint density at radius 1 is 1.46 bits per heavy atom. The molecule has 0 radical (unpaired) electrons. The minimum Gasteiger partial charge on any atom is -0.378 e. The molecule has 1 aliphatic carbocycles. The van der Waals surface area contributed by atoms with Gasteiger partial charge in [-0.15, -0.1) is 0 Å². The molecule has 0 spiro atoms. The Morgan fingerprint density at radius 3 is 2.85 bits per heavy atom. The number of hydrogen-bond acceptors (Lipinski definition) is 2. The summed E-state index contributed by atoms with van der Waals surface area (Å²) < 4.78 is 5.72. The van der Waals surface area contributed by atoms with E-state index in [2.05, 4.69) is 19.2 Å². The van der Waals surface area contributed by atoms with Crippen LogP contribution in [-0.4, -0.2) is 25.8 Å². The summed E-state index contributed by atoms with van der Waals surface area (Å²) in [7, 11) is 0. The third kappa shape index (κ3) is 6.05. The van der Waals surface area contributed by atoms with Crippen LogP contribution >= 0.6 is 0 Å². The molecule has 1 fully saturated rings. The number of ether oxygens (including phenoxy) is 1. The van der Waals surface area contributed by atoms with Gasteiger partial charge >= 0.3 is 0 Å². The van der Waals surface area contributed by atoms with E-state index < -0.39 is 0 Å². The molecule has 1 atom stereocenters. The molecular weight excluding hydrogens is 162 g/mol. The fourth-order valence-corrected chi connectivity index (χ4v) is 1.36. The Bertz CT molecular complexity index is 123. The minimum atomic E-state index is 0.458. The Kier molecular flexibility index (Phi) is 5.40. The van der Waals surface area contributed by atoms with Gasteiger partial charge in [-0.05, 0) is 51.6 Å². The van der Waals surface area contributed by atoms with Crippen molar-refractivity contribution in [3.05, 3.63) is 0 Å². The lowest BCUT2D eigenvalue weighted by Crippen LogP contribution is -2.17. The van der Waals surface area contributed by atoms with E-state index in [9.17, 15) is 0 Å². The summed E-state index contributed by atoms with van der Waals surface area (Å²) >= 11 is 0. The van der Waals surface area contributed by atoms with Crippen LogP contribution in [0.15, 0.2) is 0 Å². The van der Waals surface area contributed by atoms with Gasteiger partial charge in [0.05, 0.1) is 6.10 Å². The molecule has 1 unspecified atom stereocenters. The van der Waals surface area contributed by atoms with Crippen LogP contribution in [0.5, 0.6) is 0 Å². The van der Waals surface area contributed by atoms with Crippen LogP contribution in [0.25, 0.3) is 0 Å². The molecular formula is C11H23NO. The molecule has 13 heavy (non-hydrogen) atoms. The van der Waals surface area contributed by atoms with E-state index in [4.69, 9.17) is 4.74 Å². The lowest BCUT2D eigenvalue weighted by Gasteiger charge is -2.12. The standard InChI is InChI=1S/C11H23NO/c1-3-12-8-4-5-10(2)13-9-11-6-7-11/h10-12H,3-9H2,1-2H3. The van der Waals surface area contributed by atoms with E-state index in [1.54, 1.807) is 0 Å². The summed E-state index contributed by atoms with van der Waals surface area (Å²) in [5, 5.41) is 3.33. The van der Waals surface area contributed by atoms with Crippen molar-refractivity contribution in [1.29, 1.82) is 0 Å². The first kappa shape index (κ1) is 11.0. The van der Waals surface area contributed by atoms with Crippen molar-refractivity contribution in [1.82, 2.24) is 5.32 Å². The number of nitrogens with one attached hydrogen (secondary N) is 1. The maximum atomic E-state index is 5.72. The van der Waals surface area contributed by atoms with E-state index in [1.165, 1.54) is 25.7 Å². The van der Waals surface area contributed by atoms with Crippen molar-refractivity contribution in [2.24, 2.45) is 5.92 Å². The molecule has 2 heteroatoms. The van der Waals surface area contributed by atoms with Gasteiger partial charge in [-0.2, -0.15) is 0 Å². The molecule has 2 nitrogen and oxygen atoms in total. The molecule has 78 valence electrons. The second-order valence-corrected chi connectivity index (χ2v) is 4.08. The maximum Gasteiger partial charge on any atom is 0.0547 e. The summed E-state index contributed by atoms with van der Waals surface area (Å²) in [5.74, 6) is 0.899. The van der Waals surface area contributed by atoms with Gasteiger partial charge in [-0.3, -0.25) is 0 Å². The van der Waals surface area contributed by atoms with Crippen LogP contribution in [0, 0.1) is 5.92 Å². The molecule has 1 rings (SSSR count). The Balaban J connectivity index is 1.81. The molecule has 1 aliphatic rings. The Hall–Kier alpha value is -0.0800. The van der Waals surface area contributed by atoms with Gasteiger partial charge < -0.3 is 10.1 Å². The van der Waals surface area contributed by atoms with Crippen molar-refractivity contribution in [2.75, 3.05) is 19.7 Å². The molecule has 0 aromatic rings. The van der Waals surface area contributed by atoms with Gasteiger partial charge in [0.25, 0.3) is 0 Å². The van der Waals surface area contributed by atoms with Crippen LogP contribution < -0.4 is 5.32 Å². The van der Waals surface area contributed by atoms with Crippen molar-refractivity contribution < 1.29 is 4.74 Å². The zero-order chi connectivity index (χ0) is 9.52. The van der Waals surface area contributed by atoms with Crippen LogP contribution in [-0.2, 0) is 4.74 Å². The molecule has 0 aliphatic heterocycles. The number of rotatable bonds is 8. The predicted molar refractivity (Wildman–Crippen MR) is 55.9 cm³/mol. The van der Waals surface area contributed by atoms with E-state index in [0.717, 1.165) is 25.6 Å². The highest BCUT2D eigenvalue weighted by atomic mass is 16.5. The van der Waals surface area contributed by atoms with Crippen LogP contribution in [0.1, 0.15) is 39.5 Å². The fourth-order valence-electron chi connectivity index (χ4n) is 1.36. The SMILES string of the molecule is CCNCCCC(C)OCC1CC1. The summed E-state index contributed by atoms with van der Waals surface area (Å²) in [5.41, 5.74) is 0. The van der Waals surface area contributed by atoms with E-state index >= 15 is 0 Å². The topological polar surface area (TPSA) is 21.3 Å². The smallest absolute Gasteiger partial charge is 0.0547 e. The van der Waals surface area contributed by atoms with Gasteiger partial charge in [-0.25, -0.2) is 0 Å². The monoisotopic (exact) mass is 185 g/mol. The Labute approximate surface area is 82.0 Å². The van der Waals surface area contributed by atoms with Crippen molar-refractivity contribution in [3.8, 4) is 0 Å². The summed E-state index contributed by atoms with van der Waals surface area (Å²) in [6, 6.07) is 0. The second kappa shape index (κ2) is 6.39. The molecule has 1 N–H and O–H groups in total. The van der Waals surface area contributed by atoms with Crippen molar-refractivity contribution >= 4 is 0 Å². The van der Waals surface area contributed by atoms with Gasteiger partial charge in [0, 0.05) is 6.61 Å². The van der Waals surface area contributed by atoms with Crippen molar-refractivity contribution in [3.63, 3.8) is 0 Å². The molecule has 0 aromatic carbocycles. The first-order valence-electron chi connectivity index (χ1n) is 5.65. The molecule has 0 amide bonds.